The molecular weight excluding hydrogens is 344 g/mol. The molecule has 3 rings (SSSR count). The molecule has 0 saturated carbocycles. The Kier molecular flexibility index (Phi) is 5.83. The Morgan fingerprint density at radius 2 is 2.00 bits per heavy atom. The van der Waals surface area contributed by atoms with Crippen LogP contribution in [-0.4, -0.2) is 31.9 Å². The molecule has 6 heteroatoms. The first-order chi connectivity index (χ1) is 12.5. The highest BCUT2D eigenvalue weighted by Gasteiger charge is 2.22. The predicted octanol–water partition coefficient (Wildman–Crippen LogP) is 3.77. The van der Waals surface area contributed by atoms with Gasteiger partial charge in [-0.3, -0.25) is 4.79 Å². The summed E-state index contributed by atoms with van der Waals surface area (Å²) in [5, 5.41) is 0.923. The lowest BCUT2D eigenvalue weighted by Gasteiger charge is -2.22. The second-order valence-electron chi connectivity index (χ2n) is 6.42. The van der Waals surface area contributed by atoms with Gasteiger partial charge in [0.1, 0.15) is 10.7 Å². The average Bonchev–Trinajstić information content (AvgIpc) is 3.19. The maximum absolute atomic E-state index is 13.1. The monoisotopic (exact) mass is 368 g/mol. The molecule has 0 saturated heterocycles. The van der Waals surface area contributed by atoms with Crippen LogP contribution in [0.2, 0.25) is 0 Å². The number of aryl methyl sites for hydroxylation is 4. The van der Waals surface area contributed by atoms with Gasteiger partial charge in [0.15, 0.2) is 0 Å². The second kappa shape index (κ2) is 8.27. The average molecular weight is 369 g/mol. The molecule has 3 aromatic rings. The van der Waals surface area contributed by atoms with E-state index < -0.39 is 0 Å². The van der Waals surface area contributed by atoms with E-state index in [9.17, 15) is 4.79 Å². The summed E-state index contributed by atoms with van der Waals surface area (Å²) in [6.45, 7) is 5.04. The molecule has 1 amide bonds. The minimum atomic E-state index is 0.0455. The third-order valence-electron chi connectivity index (χ3n) is 4.37. The number of aromatic nitrogens is 3. The Labute approximate surface area is 158 Å². The molecule has 1 aromatic carbocycles. The van der Waals surface area contributed by atoms with E-state index in [-0.39, 0.29) is 5.91 Å². The van der Waals surface area contributed by atoms with E-state index in [1.54, 1.807) is 6.20 Å². The van der Waals surface area contributed by atoms with Crippen LogP contribution in [-0.2, 0) is 20.0 Å². The molecule has 0 bridgehead atoms. The van der Waals surface area contributed by atoms with Crippen molar-refractivity contribution < 1.29 is 4.79 Å². The highest BCUT2D eigenvalue weighted by molar-refractivity contribution is 7.13. The number of hydrogen-bond acceptors (Lipinski definition) is 4. The number of nitrogens with zero attached hydrogens (tertiary/aromatic N) is 4. The van der Waals surface area contributed by atoms with Crippen molar-refractivity contribution in [3.63, 3.8) is 0 Å². The first-order valence-electron chi connectivity index (χ1n) is 8.78. The van der Waals surface area contributed by atoms with E-state index in [1.165, 1.54) is 16.9 Å². The Morgan fingerprint density at radius 3 is 2.62 bits per heavy atom. The number of thiazole rings is 1. The molecule has 0 N–H and O–H groups in total. The van der Waals surface area contributed by atoms with Crippen LogP contribution in [0.25, 0.3) is 0 Å². The summed E-state index contributed by atoms with van der Waals surface area (Å²) < 4.78 is 1.96. The molecule has 136 valence electrons. The fraction of sp³-hybridized carbons (Fsp3) is 0.350. The number of imidazole rings is 1. The number of hydrogen-bond donors (Lipinski definition) is 0. The van der Waals surface area contributed by atoms with Gasteiger partial charge in [-0.15, -0.1) is 11.3 Å². The summed E-state index contributed by atoms with van der Waals surface area (Å²) in [5.41, 5.74) is 2.10. The number of amides is 1. The lowest BCUT2D eigenvalue weighted by molar-refractivity contribution is 0.0739. The predicted molar refractivity (Wildman–Crippen MR) is 104 cm³/mol. The van der Waals surface area contributed by atoms with Gasteiger partial charge in [-0.1, -0.05) is 30.3 Å². The summed E-state index contributed by atoms with van der Waals surface area (Å²) >= 11 is 1.47. The van der Waals surface area contributed by atoms with Crippen molar-refractivity contribution in [2.45, 2.75) is 33.2 Å². The summed E-state index contributed by atoms with van der Waals surface area (Å²) in [4.78, 5) is 24.5. The van der Waals surface area contributed by atoms with E-state index >= 15 is 0 Å². The van der Waals surface area contributed by atoms with Crippen LogP contribution < -0.4 is 0 Å². The van der Waals surface area contributed by atoms with Crippen LogP contribution >= 0.6 is 11.3 Å². The molecule has 2 aromatic heterocycles. The van der Waals surface area contributed by atoms with Gasteiger partial charge in [0, 0.05) is 26.0 Å². The zero-order valence-corrected chi connectivity index (χ0v) is 16.3. The lowest BCUT2D eigenvalue weighted by Crippen LogP contribution is -2.32. The van der Waals surface area contributed by atoms with Crippen LogP contribution in [0.5, 0.6) is 0 Å². The van der Waals surface area contributed by atoms with Crippen LogP contribution in [0.15, 0.2) is 42.7 Å². The molecule has 0 atom stereocenters. The quantitative estimate of drug-likeness (QED) is 0.638. The maximum Gasteiger partial charge on any atom is 0.266 e. The molecule has 0 radical (unpaired) electrons. The topological polar surface area (TPSA) is 51.0 Å². The Balaban J connectivity index is 1.73. The van der Waals surface area contributed by atoms with Crippen LogP contribution in [0, 0.1) is 13.8 Å². The fourth-order valence-electron chi connectivity index (χ4n) is 2.96. The number of rotatable bonds is 7. The maximum atomic E-state index is 13.1. The van der Waals surface area contributed by atoms with Gasteiger partial charge in [0.05, 0.1) is 17.2 Å². The molecular formula is C20H24N4OS. The highest BCUT2D eigenvalue weighted by Crippen LogP contribution is 2.20. The van der Waals surface area contributed by atoms with Gasteiger partial charge in [0.25, 0.3) is 5.91 Å². The van der Waals surface area contributed by atoms with Crippen molar-refractivity contribution >= 4 is 17.2 Å². The largest absolute Gasteiger partial charge is 0.337 e. The molecule has 0 spiro atoms. The molecule has 2 heterocycles. The summed E-state index contributed by atoms with van der Waals surface area (Å²) in [5.74, 6) is 0.932. The molecule has 0 aliphatic heterocycles. The fourth-order valence-corrected chi connectivity index (χ4v) is 3.85. The van der Waals surface area contributed by atoms with E-state index in [1.807, 2.05) is 42.6 Å². The van der Waals surface area contributed by atoms with Gasteiger partial charge >= 0.3 is 0 Å². The van der Waals surface area contributed by atoms with E-state index in [2.05, 4.69) is 34.2 Å². The first kappa shape index (κ1) is 18.3. The highest BCUT2D eigenvalue weighted by atomic mass is 32.1. The summed E-state index contributed by atoms with van der Waals surface area (Å²) in [6.07, 6.45) is 5.54. The molecule has 0 aliphatic rings. The molecule has 0 aliphatic carbocycles. The van der Waals surface area contributed by atoms with Crippen LogP contribution in [0.3, 0.4) is 0 Å². The van der Waals surface area contributed by atoms with E-state index in [4.69, 9.17) is 0 Å². The summed E-state index contributed by atoms with van der Waals surface area (Å²) in [7, 11) is 1.96. The first-order valence-corrected chi connectivity index (χ1v) is 9.59. The second-order valence-corrected chi connectivity index (χ2v) is 7.62. The van der Waals surface area contributed by atoms with Crippen molar-refractivity contribution in [2.75, 3.05) is 6.54 Å². The van der Waals surface area contributed by atoms with E-state index in [0.29, 0.717) is 13.1 Å². The van der Waals surface area contributed by atoms with Crippen LogP contribution in [0.1, 0.15) is 38.2 Å². The van der Waals surface area contributed by atoms with Gasteiger partial charge in [-0.05, 0) is 32.3 Å². The zero-order chi connectivity index (χ0) is 18.5. The third kappa shape index (κ3) is 4.38. The van der Waals surface area contributed by atoms with Gasteiger partial charge < -0.3 is 9.47 Å². The van der Waals surface area contributed by atoms with Gasteiger partial charge in [-0.2, -0.15) is 0 Å². The lowest BCUT2D eigenvalue weighted by atomic mass is 10.1. The standard InChI is InChI=1S/C20H24N4OS/c1-15-19(26-16(2)22-15)20(25)24(14-18-21-11-13-23(18)3)12-7-10-17-8-5-4-6-9-17/h4-6,8-9,11,13H,7,10,12,14H2,1-3H3. The van der Waals surface area contributed by atoms with Crippen molar-refractivity contribution in [3.8, 4) is 0 Å². The Hall–Kier alpha value is -2.47. The Morgan fingerprint density at radius 1 is 1.23 bits per heavy atom. The zero-order valence-electron chi connectivity index (χ0n) is 15.5. The van der Waals surface area contributed by atoms with Gasteiger partial charge in [0.2, 0.25) is 0 Å². The SMILES string of the molecule is Cc1nc(C)c(C(=O)N(CCCc2ccccc2)Cc2nccn2C)s1. The smallest absolute Gasteiger partial charge is 0.266 e. The minimum Gasteiger partial charge on any atom is -0.337 e. The van der Waals surface area contributed by atoms with Crippen molar-refractivity contribution in [2.24, 2.45) is 7.05 Å². The number of benzene rings is 1. The molecule has 5 nitrogen and oxygen atoms in total. The van der Waals surface area contributed by atoms with E-state index in [0.717, 1.165) is 34.2 Å². The minimum absolute atomic E-state index is 0.0455. The summed E-state index contributed by atoms with van der Waals surface area (Å²) in [6, 6.07) is 10.4. The van der Waals surface area contributed by atoms with Crippen molar-refractivity contribution in [3.05, 3.63) is 69.7 Å². The molecule has 26 heavy (non-hydrogen) atoms. The normalized spacial score (nSPS) is 10.9. The van der Waals surface area contributed by atoms with Crippen molar-refractivity contribution in [1.29, 1.82) is 0 Å². The Bertz CT molecular complexity index is 869. The number of carbonyl (C=O) groups excluding carboxylic acids is 1. The molecule has 0 unspecified atom stereocenters. The molecule has 0 fully saturated rings. The van der Waals surface area contributed by atoms with Crippen LogP contribution in [0.4, 0.5) is 0 Å². The van der Waals surface area contributed by atoms with Gasteiger partial charge in [-0.25, -0.2) is 9.97 Å². The number of carbonyl (C=O) groups is 1. The van der Waals surface area contributed by atoms with Crippen molar-refractivity contribution in [1.82, 2.24) is 19.4 Å². The third-order valence-corrected chi connectivity index (χ3v) is 5.44.